The lowest BCUT2D eigenvalue weighted by molar-refractivity contribution is -0.137. The summed E-state index contributed by atoms with van der Waals surface area (Å²) in [5, 5.41) is 3.20. The summed E-state index contributed by atoms with van der Waals surface area (Å²) < 4.78 is 43.3. The number of carbonyl (C=O) groups excluding carboxylic acids is 1. The van der Waals surface area contributed by atoms with Gasteiger partial charge in [-0.15, -0.1) is 0 Å². The molecule has 1 aromatic rings. The Kier molecular flexibility index (Phi) is 5.42. The average molecular weight is 316 g/mol. The number of nitrogens with zero attached hydrogens (tertiary/aromatic N) is 1. The van der Waals surface area contributed by atoms with E-state index in [9.17, 15) is 18.0 Å². The standard InChI is InChI=1S/C15H19F3N2O2/c1-22-14-3-2-11(15(16,17)18)10-12(14)13(21)4-7-20-8-5-19-6-9-20/h2-3,10,19H,4-9H2,1H3. The lowest BCUT2D eigenvalue weighted by Gasteiger charge is -2.26. The van der Waals surface area contributed by atoms with Crippen LogP contribution in [0.3, 0.4) is 0 Å². The van der Waals surface area contributed by atoms with Crippen LogP contribution in [0.15, 0.2) is 18.2 Å². The van der Waals surface area contributed by atoms with E-state index in [0.717, 1.165) is 38.3 Å². The van der Waals surface area contributed by atoms with E-state index in [1.54, 1.807) is 0 Å². The van der Waals surface area contributed by atoms with Crippen LogP contribution in [0.2, 0.25) is 0 Å². The molecule has 0 amide bonds. The molecule has 0 radical (unpaired) electrons. The zero-order valence-electron chi connectivity index (χ0n) is 12.4. The highest BCUT2D eigenvalue weighted by molar-refractivity contribution is 5.99. The van der Waals surface area contributed by atoms with Gasteiger partial charge in [0, 0.05) is 39.1 Å². The van der Waals surface area contributed by atoms with Crippen molar-refractivity contribution < 1.29 is 22.7 Å². The number of benzene rings is 1. The van der Waals surface area contributed by atoms with Crippen molar-refractivity contribution in [3.63, 3.8) is 0 Å². The number of alkyl halides is 3. The first-order valence-electron chi connectivity index (χ1n) is 7.13. The van der Waals surface area contributed by atoms with Crippen LogP contribution >= 0.6 is 0 Å². The highest BCUT2D eigenvalue weighted by Crippen LogP contribution is 2.33. The van der Waals surface area contributed by atoms with E-state index in [2.05, 4.69) is 10.2 Å². The molecule has 7 heteroatoms. The fourth-order valence-electron chi connectivity index (χ4n) is 2.43. The van der Waals surface area contributed by atoms with Crippen LogP contribution in [0, 0.1) is 0 Å². The predicted octanol–water partition coefficient (Wildman–Crippen LogP) is 2.19. The van der Waals surface area contributed by atoms with Gasteiger partial charge in [-0.25, -0.2) is 0 Å². The molecule has 0 aliphatic carbocycles. The van der Waals surface area contributed by atoms with Crippen LogP contribution in [0.5, 0.6) is 5.75 Å². The summed E-state index contributed by atoms with van der Waals surface area (Å²) in [5.41, 5.74) is -0.841. The number of ether oxygens (including phenoxy) is 1. The van der Waals surface area contributed by atoms with E-state index in [0.29, 0.717) is 6.54 Å². The van der Waals surface area contributed by atoms with Crippen molar-refractivity contribution >= 4 is 5.78 Å². The van der Waals surface area contributed by atoms with E-state index >= 15 is 0 Å². The third kappa shape index (κ3) is 4.20. The van der Waals surface area contributed by atoms with Gasteiger partial charge in [0.2, 0.25) is 0 Å². The van der Waals surface area contributed by atoms with Gasteiger partial charge in [0.05, 0.1) is 18.2 Å². The lowest BCUT2D eigenvalue weighted by Crippen LogP contribution is -2.44. The summed E-state index contributed by atoms with van der Waals surface area (Å²) in [5.74, 6) is -0.153. The molecule has 1 fully saturated rings. The zero-order chi connectivity index (χ0) is 16.2. The second-order valence-electron chi connectivity index (χ2n) is 5.18. The minimum atomic E-state index is -4.47. The van der Waals surface area contributed by atoms with E-state index in [1.165, 1.54) is 13.2 Å². The fraction of sp³-hybridized carbons (Fsp3) is 0.533. The molecule has 0 atom stereocenters. The van der Waals surface area contributed by atoms with Gasteiger partial charge in [-0.1, -0.05) is 0 Å². The molecule has 1 heterocycles. The van der Waals surface area contributed by atoms with Gasteiger partial charge in [0.25, 0.3) is 0 Å². The zero-order valence-corrected chi connectivity index (χ0v) is 12.4. The Labute approximate surface area is 127 Å². The van der Waals surface area contributed by atoms with Gasteiger partial charge in [0.15, 0.2) is 5.78 Å². The maximum absolute atomic E-state index is 12.8. The number of piperazine rings is 1. The molecule has 0 unspecified atom stereocenters. The summed E-state index contributed by atoms with van der Waals surface area (Å²) in [4.78, 5) is 14.4. The van der Waals surface area contributed by atoms with Gasteiger partial charge in [-0.05, 0) is 18.2 Å². The monoisotopic (exact) mass is 316 g/mol. The van der Waals surface area contributed by atoms with Crippen molar-refractivity contribution in [3.8, 4) is 5.75 Å². The number of carbonyl (C=O) groups is 1. The van der Waals surface area contributed by atoms with Gasteiger partial charge in [0.1, 0.15) is 5.75 Å². The number of hydrogen-bond donors (Lipinski definition) is 1. The van der Waals surface area contributed by atoms with Gasteiger partial charge in [-0.3, -0.25) is 4.79 Å². The van der Waals surface area contributed by atoms with Crippen molar-refractivity contribution in [1.29, 1.82) is 0 Å². The molecule has 22 heavy (non-hydrogen) atoms. The lowest BCUT2D eigenvalue weighted by atomic mass is 10.0. The first kappa shape index (κ1) is 16.8. The molecule has 2 rings (SSSR count). The first-order valence-corrected chi connectivity index (χ1v) is 7.13. The van der Waals surface area contributed by atoms with Crippen LogP contribution in [-0.2, 0) is 6.18 Å². The van der Waals surface area contributed by atoms with E-state index in [4.69, 9.17) is 4.74 Å². The number of nitrogens with one attached hydrogen (secondary N) is 1. The van der Waals surface area contributed by atoms with Gasteiger partial charge >= 0.3 is 6.18 Å². The number of hydrogen-bond acceptors (Lipinski definition) is 4. The van der Waals surface area contributed by atoms with Crippen molar-refractivity contribution in [1.82, 2.24) is 10.2 Å². The normalized spacial score (nSPS) is 16.5. The van der Waals surface area contributed by atoms with Gasteiger partial charge < -0.3 is 15.0 Å². The molecule has 0 aromatic heterocycles. The Morgan fingerprint density at radius 1 is 1.32 bits per heavy atom. The molecular formula is C15H19F3N2O2. The average Bonchev–Trinajstić information content (AvgIpc) is 2.52. The van der Waals surface area contributed by atoms with Crippen molar-refractivity contribution in [2.24, 2.45) is 0 Å². The van der Waals surface area contributed by atoms with E-state index in [1.807, 2.05) is 0 Å². The Morgan fingerprint density at radius 2 is 2.00 bits per heavy atom. The summed E-state index contributed by atoms with van der Waals surface area (Å²) in [6.45, 7) is 3.95. The number of rotatable bonds is 5. The van der Waals surface area contributed by atoms with Crippen LogP contribution in [-0.4, -0.2) is 50.5 Å². The SMILES string of the molecule is COc1ccc(C(F)(F)F)cc1C(=O)CCN1CCNCC1. The second-order valence-corrected chi connectivity index (χ2v) is 5.18. The molecule has 0 bridgehead atoms. The summed E-state index contributed by atoms with van der Waals surface area (Å²) >= 11 is 0. The minimum Gasteiger partial charge on any atom is -0.496 e. The number of methoxy groups -OCH3 is 1. The molecule has 1 aliphatic heterocycles. The predicted molar refractivity (Wildman–Crippen MR) is 76.3 cm³/mol. The third-order valence-corrected chi connectivity index (χ3v) is 3.69. The van der Waals surface area contributed by atoms with E-state index in [-0.39, 0.29) is 23.5 Å². The van der Waals surface area contributed by atoms with Crippen molar-refractivity contribution in [2.75, 3.05) is 39.8 Å². The summed E-state index contributed by atoms with van der Waals surface area (Å²) in [6, 6.07) is 2.99. The molecule has 4 nitrogen and oxygen atoms in total. The molecule has 0 spiro atoms. The molecule has 0 saturated carbocycles. The maximum atomic E-state index is 12.8. The molecule has 1 saturated heterocycles. The summed E-state index contributed by atoms with van der Waals surface area (Å²) in [6.07, 6.45) is -4.29. The molecule has 1 N–H and O–H groups in total. The number of Topliss-reactive ketones (excluding diaryl/α,β-unsaturated/α-hetero) is 1. The van der Waals surface area contributed by atoms with Gasteiger partial charge in [-0.2, -0.15) is 13.2 Å². The molecule has 1 aromatic carbocycles. The van der Waals surface area contributed by atoms with Crippen LogP contribution in [0.25, 0.3) is 0 Å². The van der Waals surface area contributed by atoms with E-state index < -0.39 is 11.7 Å². The fourth-order valence-corrected chi connectivity index (χ4v) is 2.43. The highest BCUT2D eigenvalue weighted by Gasteiger charge is 2.32. The number of halogens is 3. The Hall–Kier alpha value is -1.60. The second kappa shape index (κ2) is 7.11. The Balaban J connectivity index is 2.09. The minimum absolute atomic E-state index is 0.00698. The van der Waals surface area contributed by atoms with Crippen molar-refractivity contribution in [2.45, 2.75) is 12.6 Å². The Bertz CT molecular complexity index is 526. The molecule has 122 valence electrons. The first-order chi connectivity index (χ1) is 10.4. The van der Waals surface area contributed by atoms with Crippen LogP contribution in [0.1, 0.15) is 22.3 Å². The smallest absolute Gasteiger partial charge is 0.416 e. The van der Waals surface area contributed by atoms with Crippen LogP contribution in [0.4, 0.5) is 13.2 Å². The van der Waals surface area contributed by atoms with Crippen LogP contribution < -0.4 is 10.1 Å². The molecule has 1 aliphatic rings. The quantitative estimate of drug-likeness (QED) is 0.846. The third-order valence-electron chi connectivity index (χ3n) is 3.69. The topological polar surface area (TPSA) is 41.6 Å². The van der Waals surface area contributed by atoms with Crippen molar-refractivity contribution in [3.05, 3.63) is 29.3 Å². The molecular weight excluding hydrogens is 297 g/mol. The largest absolute Gasteiger partial charge is 0.496 e. The highest BCUT2D eigenvalue weighted by atomic mass is 19.4. The number of ketones is 1. The summed E-state index contributed by atoms with van der Waals surface area (Å²) in [7, 11) is 1.34. The maximum Gasteiger partial charge on any atom is 0.416 e. The Morgan fingerprint density at radius 3 is 2.59 bits per heavy atom.